The lowest BCUT2D eigenvalue weighted by atomic mass is 9.79. The van der Waals surface area contributed by atoms with Gasteiger partial charge >= 0.3 is 0 Å². The van der Waals surface area contributed by atoms with Crippen molar-refractivity contribution in [1.29, 1.82) is 0 Å². The van der Waals surface area contributed by atoms with Crippen LogP contribution in [0.1, 0.15) is 61.7 Å². The molecule has 3 saturated heterocycles. The SMILES string of the molecule is O=C(NCC1CCOC2(CCN(C(=O)CN3CCCCCC3)CC2)C1)c1ccccc1. The van der Waals surface area contributed by atoms with Gasteiger partial charge in [-0.25, -0.2) is 0 Å². The molecule has 3 fully saturated rings. The molecule has 170 valence electrons. The lowest BCUT2D eigenvalue weighted by Crippen LogP contribution is -2.53. The number of amides is 2. The van der Waals surface area contributed by atoms with Gasteiger partial charge in [-0.2, -0.15) is 0 Å². The predicted octanol–water partition coefficient (Wildman–Crippen LogP) is 3.08. The molecule has 0 aliphatic carbocycles. The molecule has 1 unspecified atom stereocenters. The number of rotatable bonds is 5. The third-order valence-electron chi connectivity index (χ3n) is 7.27. The standard InChI is InChI=1S/C25H37N3O3/c29-23(20-27-13-6-1-2-7-14-27)28-15-11-25(12-16-28)18-21(10-17-31-25)19-26-24(30)22-8-4-3-5-9-22/h3-5,8-9,21H,1-2,6-7,10-20H2,(H,26,30). The van der Waals surface area contributed by atoms with Crippen LogP contribution in [0, 0.1) is 5.92 Å². The first-order valence-electron chi connectivity index (χ1n) is 12.1. The van der Waals surface area contributed by atoms with Crippen LogP contribution in [-0.2, 0) is 9.53 Å². The summed E-state index contributed by atoms with van der Waals surface area (Å²) in [6.45, 7) is 5.70. The van der Waals surface area contributed by atoms with Gasteiger partial charge in [0.25, 0.3) is 5.91 Å². The zero-order valence-corrected chi connectivity index (χ0v) is 18.7. The second-order valence-corrected chi connectivity index (χ2v) is 9.54. The highest BCUT2D eigenvalue weighted by Crippen LogP contribution is 2.37. The molecule has 4 rings (SSSR count). The summed E-state index contributed by atoms with van der Waals surface area (Å²) in [5.41, 5.74) is 0.584. The topological polar surface area (TPSA) is 61.9 Å². The van der Waals surface area contributed by atoms with E-state index in [1.807, 2.05) is 35.2 Å². The zero-order chi connectivity index (χ0) is 21.5. The second-order valence-electron chi connectivity index (χ2n) is 9.54. The normalized spacial score (nSPS) is 24.5. The number of nitrogens with one attached hydrogen (secondary N) is 1. The van der Waals surface area contributed by atoms with E-state index in [4.69, 9.17) is 4.74 Å². The predicted molar refractivity (Wildman–Crippen MR) is 121 cm³/mol. The number of hydrogen-bond acceptors (Lipinski definition) is 4. The van der Waals surface area contributed by atoms with Crippen LogP contribution in [0.5, 0.6) is 0 Å². The van der Waals surface area contributed by atoms with Gasteiger partial charge in [-0.15, -0.1) is 0 Å². The molecule has 3 heterocycles. The fourth-order valence-electron chi connectivity index (χ4n) is 5.33. The number of benzene rings is 1. The molecule has 0 radical (unpaired) electrons. The van der Waals surface area contributed by atoms with Gasteiger partial charge in [0.2, 0.25) is 5.91 Å². The highest BCUT2D eigenvalue weighted by atomic mass is 16.5. The Morgan fingerprint density at radius 1 is 1.00 bits per heavy atom. The highest BCUT2D eigenvalue weighted by molar-refractivity contribution is 5.94. The molecule has 2 amide bonds. The number of hydrogen-bond donors (Lipinski definition) is 1. The van der Waals surface area contributed by atoms with Gasteiger partial charge in [-0.1, -0.05) is 31.0 Å². The van der Waals surface area contributed by atoms with Gasteiger partial charge in [-0.05, 0) is 69.7 Å². The molecule has 0 aromatic heterocycles. The first-order chi connectivity index (χ1) is 15.1. The molecule has 1 aromatic rings. The third-order valence-corrected chi connectivity index (χ3v) is 7.27. The van der Waals surface area contributed by atoms with Gasteiger partial charge in [0, 0.05) is 31.8 Å². The van der Waals surface area contributed by atoms with Crippen molar-refractivity contribution in [3.8, 4) is 0 Å². The molecule has 1 spiro atoms. The van der Waals surface area contributed by atoms with Crippen molar-refractivity contribution in [2.45, 2.75) is 57.0 Å². The molecule has 1 aromatic carbocycles. The van der Waals surface area contributed by atoms with Crippen LogP contribution >= 0.6 is 0 Å². The average molecular weight is 428 g/mol. The molecule has 1 N–H and O–H groups in total. The molecule has 31 heavy (non-hydrogen) atoms. The Morgan fingerprint density at radius 2 is 1.71 bits per heavy atom. The highest BCUT2D eigenvalue weighted by Gasteiger charge is 2.41. The van der Waals surface area contributed by atoms with Crippen LogP contribution in [0.25, 0.3) is 0 Å². The Bertz CT molecular complexity index is 723. The van der Waals surface area contributed by atoms with Crippen molar-refractivity contribution >= 4 is 11.8 Å². The maximum absolute atomic E-state index is 12.8. The quantitative estimate of drug-likeness (QED) is 0.785. The summed E-state index contributed by atoms with van der Waals surface area (Å²) in [5.74, 6) is 0.704. The summed E-state index contributed by atoms with van der Waals surface area (Å²) >= 11 is 0. The van der Waals surface area contributed by atoms with Gasteiger partial charge in [0.1, 0.15) is 0 Å². The molecule has 6 nitrogen and oxygen atoms in total. The Hall–Kier alpha value is -1.92. The van der Waals surface area contributed by atoms with Gasteiger partial charge in [-0.3, -0.25) is 14.5 Å². The molecule has 3 aliphatic rings. The van der Waals surface area contributed by atoms with Crippen LogP contribution in [0.3, 0.4) is 0 Å². The van der Waals surface area contributed by atoms with Gasteiger partial charge < -0.3 is 15.0 Å². The second kappa shape index (κ2) is 10.6. The van der Waals surface area contributed by atoms with E-state index in [0.29, 0.717) is 24.6 Å². The minimum atomic E-state index is -0.125. The van der Waals surface area contributed by atoms with Crippen LogP contribution in [0.2, 0.25) is 0 Å². The number of carbonyl (C=O) groups excluding carboxylic acids is 2. The van der Waals surface area contributed by atoms with E-state index in [0.717, 1.165) is 58.5 Å². The molecule has 3 aliphatic heterocycles. The van der Waals surface area contributed by atoms with E-state index in [9.17, 15) is 9.59 Å². The minimum Gasteiger partial charge on any atom is -0.375 e. The average Bonchev–Trinajstić information content (AvgIpc) is 3.07. The lowest BCUT2D eigenvalue weighted by molar-refractivity contribution is -0.147. The van der Waals surface area contributed by atoms with E-state index in [-0.39, 0.29) is 17.4 Å². The summed E-state index contributed by atoms with van der Waals surface area (Å²) in [6, 6.07) is 9.39. The van der Waals surface area contributed by atoms with Crippen molar-refractivity contribution < 1.29 is 14.3 Å². The number of likely N-dealkylation sites (tertiary alicyclic amines) is 2. The van der Waals surface area contributed by atoms with Crippen LogP contribution in [0.15, 0.2) is 30.3 Å². The van der Waals surface area contributed by atoms with Crippen LogP contribution in [-0.4, -0.2) is 73.1 Å². The van der Waals surface area contributed by atoms with E-state index in [2.05, 4.69) is 10.2 Å². The number of piperidine rings is 1. The maximum Gasteiger partial charge on any atom is 0.251 e. The molecular weight excluding hydrogens is 390 g/mol. The Balaban J connectivity index is 1.23. The maximum atomic E-state index is 12.8. The molecule has 0 bridgehead atoms. The van der Waals surface area contributed by atoms with Gasteiger partial charge in [0.15, 0.2) is 0 Å². The fraction of sp³-hybridized carbons (Fsp3) is 0.680. The van der Waals surface area contributed by atoms with E-state index < -0.39 is 0 Å². The van der Waals surface area contributed by atoms with Crippen molar-refractivity contribution in [2.75, 3.05) is 45.9 Å². The fourth-order valence-corrected chi connectivity index (χ4v) is 5.33. The Labute approximate surface area is 186 Å². The number of nitrogens with zero attached hydrogens (tertiary/aromatic N) is 2. The molecule has 1 atom stereocenters. The van der Waals surface area contributed by atoms with E-state index in [1.165, 1.54) is 25.7 Å². The van der Waals surface area contributed by atoms with Crippen molar-refractivity contribution in [2.24, 2.45) is 5.92 Å². The summed E-state index contributed by atoms with van der Waals surface area (Å²) in [5, 5.41) is 3.10. The van der Waals surface area contributed by atoms with Gasteiger partial charge in [0.05, 0.1) is 12.1 Å². The molecule has 6 heteroatoms. The number of carbonyl (C=O) groups is 2. The number of ether oxygens (including phenoxy) is 1. The summed E-state index contributed by atoms with van der Waals surface area (Å²) in [7, 11) is 0. The Morgan fingerprint density at radius 3 is 2.42 bits per heavy atom. The monoisotopic (exact) mass is 427 g/mol. The van der Waals surface area contributed by atoms with Crippen LogP contribution < -0.4 is 5.32 Å². The van der Waals surface area contributed by atoms with Crippen molar-refractivity contribution in [3.63, 3.8) is 0 Å². The van der Waals surface area contributed by atoms with Crippen LogP contribution in [0.4, 0.5) is 0 Å². The zero-order valence-electron chi connectivity index (χ0n) is 18.7. The summed E-state index contributed by atoms with van der Waals surface area (Å²) in [4.78, 5) is 29.6. The Kier molecular flexibility index (Phi) is 7.62. The minimum absolute atomic E-state index is 0.00456. The third kappa shape index (κ3) is 6.07. The first-order valence-corrected chi connectivity index (χ1v) is 12.1. The first kappa shape index (κ1) is 22.3. The largest absolute Gasteiger partial charge is 0.375 e. The molecular formula is C25H37N3O3. The summed E-state index contributed by atoms with van der Waals surface area (Å²) < 4.78 is 6.26. The lowest BCUT2D eigenvalue weighted by Gasteiger charge is -2.46. The van der Waals surface area contributed by atoms with E-state index >= 15 is 0 Å². The van der Waals surface area contributed by atoms with E-state index in [1.54, 1.807) is 0 Å². The smallest absolute Gasteiger partial charge is 0.251 e. The molecule has 0 saturated carbocycles. The van der Waals surface area contributed by atoms with Crippen molar-refractivity contribution in [3.05, 3.63) is 35.9 Å². The summed E-state index contributed by atoms with van der Waals surface area (Å²) in [6.07, 6.45) is 8.77. The van der Waals surface area contributed by atoms with Crippen molar-refractivity contribution in [1.82, 2.24) is 15.1 Å².